The highest BCUT2D eigenvalue weighted by molar-refractivity contribution is 5.93. The van der Waals surface area contributed by atoms with Gasteiger partial charge < -0.3 is 19.3 Å². The van der Waals surface area contributed by atoms with Gasteiger partial charge in [0.1, 0.15) is 5.56 Å². The van der Waals surface area contributed by atoms with E-state index in [-0.39, 0.29) is 17.9 Å². The van der Waals surface area contributed by atoms with E-state index in [1.165, 1.54) is 27.4 Å². The summed E-state index contributed by atoms with van der Waals surface area (Å²) in [4.78, 5) is 11.4. The van der Waals surface area contributed by atoms with Crippen molar-refractivity contribution in [1.29, 1.82) is 0 Å². The molecule has 0 aliphatic heterocycles. The Balaban J connectivity index is 3.37. The van der Waals surface area contributed by atoms with Crippen molar-refractivity contribution in [1.82, 2.24) is 0 Å². The first-order chi connectivity index (χ1) is 7.69. The molecule has 0 saturated heterocycles. The van der Waals surface area contributed by atoms with E-state index in [9.17, 15) is 4.79 Å². The highest BCUT2D eigenvalue weighted by atomic mass is 16.5. The van der Waals surface area contributed by atoms with E-state index in [4.69, 9.17) is 14.6 Å². The van der Waals surface area contributed by atoms with Crippen LogP contribution in [-0.4, -0.2) is 32.4 Å². The zero-order chi connectivity index (χ0) is 12.1. The van der Waals surface area contributed by atoms with Crippen molar-refractivity contribution in [2.45, 2.75) is 6.61 Å². The van der Waals surface area contributed by atoms with Gasteiger partial charge in [-0.3, -0.25) is 0 Å². The molecule has 1 aromatic carbocycles. The van der Waals surface area contributed by atoms with Gasteiger partial charge in [-0.05, 0) is 6.07 Å². The molecule has 0 unspecified atom stereocenters. The number of aliphatic hydroxyl groups excluding tert-OH is 1. The lowest BCUT2D eigenvalue weighted by Crippen LogP contribution is -2.06. The minimum absolute atomic E-state index is 0.193. The Morgan fingerprint density at radius 3 is 2.25 bits per heavy atom. The molecule has 5 heteroatoms. The predicted octanol–water partition coefficient (Wildman–Crippen LogP) is 0.983. The SMILES string of the molecule is COC(=O)c1ccc(CO)c(OC)c1OC. The van der Waals surface area contributed by atoms with Gasteiger partial charge in [-0.25, -0.2) is 4.79 Å². The average Bonchev–Trinajstić information content (AvgIpc) is 2.35. The Morgan fingerprint density at radius 2 is 1.81 bits per heavy atom. The second-order valence-corrected chi connectivity index (χ2v) is 2.99. The number of benzene rings is 1. The zero-order valence-corrected chi connectivity index (χ0v) is 9.44. The van der Waals surface area contributed by atoms with Gasteiger partial charge in [0.2, 0.25) is 0 Å². The minimum atomic E-state index is -0.514. The van der Waals surface area contributed by atoms with Crippen LogP contribution in [0, 0.1) is 0 Å². The first-order valence-electron chi connectivity index (χ1n) is 4.62. The van der Waals surface area contributed by atoms with Crippen LogP contribution in [0.3, 0.4) is 0 Å². The fourth-order valence-electron chi connectivity index (χ4n) is 1.43. The third-order valence-corrected chi connectivity index (χ3v) is 2.18. The second kappa shape index (κ2) is 5.37. The summed E-state index contributed by atoms with van der Waals surface area (Å²) < 4.78 is 14.8. The van der Waals surface area contributed by atoms with Crippen LogP contribution in [0.4, 0.5) is 0 Å². The van der Waals surface area contributed by atoms with Crippen molar-refractivity contribution in [2.24, 2.45) is 0 Å². The molecule has 16 heavy (non-hydrogen) atoms. The number of hydrogen-bond donors (Lipinski definition) is 1. The van der Waals surface area contributed by atoms with Crippen LogP contribution < -0.4 is 9.47 Å². The summed E-state index contributed by atoms with van der Waals surface area (Å²) in [6.45, 7) is -0.193. The van der Waals surface area contributed by atoms with Crippen molar-refractivity contribution >= 4 is 5.97 Å². The predicted molar refractivity (Wildman–Crippen MR) is 56.8 cm³/mol. The summed E-state index contributed by atoms with van der Waals surface area (Å²) in [6, 6.07) is 3.12. The molecule has 0 saturated carbocycles. The van der Waals surface area contributed by atoms with Crippen LogP contribution in [0.25, 0.3) is 0 Å². The van der Waals surface area contributed by atoms with E-state index in [0.717, 1.165) is 0 Å². The second-order valence-electron chi connectivity index (χ2n) is 2.99. The van der Waals surface area contributed by atoms with Gasteiger partial charge in [-0.2, -0.15) is 0 Å². The monoisotopic (exact) mass is 226 g/mol. The molecule has 0 fully saturated rings. The summed E-state index contributed by atoms with van der Waals surface area (Å²) in [5, 5.41) is 9.10. The van der Waals surface area contributed by atoms with Crippen LogP contribution in [0.15, 0.2) is 12.1 Å². The van der Waals surface area contributed by atoms with Crippen LogP contribution in [0.5, 0.6) is 11.5 Å². The number of aliphatic hydroxyl groups is 1. The Kier molecular flexibility index (Phi) is 4.13. The van der Waals surface area contributed by atoms with Crippen molar-refractivity contribution in [3.63, 3.8) is 0 Å². The number of ether oxygens (including phenoxy) is 3. The maximum absolute atomic E-state index is 11.4. The molecular weight excluding hydrogens is 212 g/mol. The van der Waals surface area contributed by atoms with Crippen molar-refractivity contribution in [2.75, 3.05) is 21.3 Å². The normalized spacial score (nSPS) is 9.75. The molecule has 5 nitrogen and oxygen atoms in total. The maximum Gasteiger partial charge on any atom is 0.341 e. The van der Waals surface area contributed by atoms with Crippen LogP contribution in [-0.2, 0) is 11.3 Å². The van der Waals surface area contributed by atoms with Gasteiger partial charge in [0.25, 0.3) is 0 Å². The number of hydrogen-bond acceptors (Lipinski definition) is 5. The molecule has 0 aliphatic rings. The highest BCUT2D eigenvalue weighted by Gasteiger charge is 2.19. The summed E-state index contributed by atoms with van der Waals surface area (Å²) in [7, 11) is 4.15. The Hall–Kier alpha value is -1.75. The molecule has 0 atom stereocenters. The number of methoxy groups -OCH3 is 3. The lowest BCUT2D eigenvalue weighted by Gasteiger charge is -2.14. The third kappa shape index (κ3) is 2.09. The maximum atomic E-state index is 11.4. The van der Waals surface area contributed by atoms with Crippen LogP contribution in [0.1, 0.15) is 15.9 Å². The fourth-order valence-corrected chi connectivity index (χ4v) is 1.43. The van der Waals surface area contributed by atoms with E-state index in [1.54, 1.807) is 6.07 Å². The molecule has 0 amide bonds. The van der Waals surface area contributed by atoms with Crippen molar-refractivity contribution in [3.05, 3.63) is 23.3 Å². The van der Waals surface area contributed by atoms with E-state index < -0.39 is 5.97 Å². The largest absolute Gasteiger partial charge is 0.492 e. The molecule has 1 N–H and O–H groups in total. The lowest BCUT2D eigenvalue weighted by molar-refractivity contribution is 0.0596. The molecule has 88 valence electrons. The van der Waals surface area contributed by atoms with Crippen LogP contribution in [0.2, 0.25) is 0 Å². The van der Waals surface area contributed by atoms with Crippen molar-refractivity contribution in [3.8, 4) is 11.5 Å². The van der Waals surface area contributed by atoms with Crippen LogP contribution >= 0.6 is 0 Å². The van der Waals surface area contributed by atoms with E-state index in [2.05, 4.69) is 4.74 Å². The van der Waals surface area contributed by atoms with Gasteiger partial charge in [0, 0.05) is 5.56 Å². The van der Waals surface area contributed by atoms with Gasteiger partial charge in [0.05, 0.1) is 27.9 Å². The summed E-state index contributed by atoms with van der Waals surface area (Å²) in [6.07, 6.45) is 0. The van der Waals surface area contributed by atoms with E-state index >= 15 is 0 Å². The third-order valence-electron chi connectivity index (χ3n) is 2.18. The standard InChI is InChI=1S/C11H14O5/c1-14-9-7(6-12)4-5-8(10(9)15-2)11(13)16-3/h4-5,12H,6H2,1-3H3. The smallest absolute Gasteiger partial charge is 0.341 e. The van der Waals surface area contributed by atoms with Gasteiger partial charge in [-0.15, -0.1) is 0 Å². The molecule has 1 aromatic rings. The van der Waals surface area contributed by atoms with Gasteiger partial charge in [0.15, 0.2) is 11.5 Å². The van der Waals surface area contributed by atoms with E-state index in [1.807, 2.05) is 0 Å². The molecular formula is C11H14O5. The Labute approximate surface area is 93.6 Å². The molecule has 0 aliphatic carbocycles. The first kappa shape index (κ1) is 12.3. The van der Waals surface area contributed by atoms with Gasteiger partial charge >= 0.3 is 5.97 Å². The topological polar surface area (TPSA) is 65.0 Å². The Bertz CT molecular complexity index is 386. The van der Waals surface area contributed by atoms with Gasteiger partial charge in [-0.1, -0.05) is 6.07 Å². The van der Waals surface area contributed by atoms with Crippen molar-refractivity contribution < 1.29 is 24.1 Å². The number of esters is 1. The summed E-state index contributed by atoms with van der Waals surface area (Å²) in [5.41, 5.74) is 0.811. The Morgan fingerprint density at radius 1 is 1.19 bits per heavy atom. The number of carbonyl (C=O) groups is 1. The quantitative estimate of drug-likeness (QED) is 0.775. The average molecular weight is 226 g/mol. The molecule has 0 aromatic heterocycles. The fraction of sp³-hybridized carbons (Fsp3) is 0.364. The van der Waals surface area contributed by atoms with E-state index in [0.29, 0.717) is 11.3 Å². The molecule has 0 spiro atoms. The lowest BCUT2D eigenvalue weighted by atomic mass is 10.1. The summed E-state index contributed by atoms with van der Waals surface area (Å²) in [5.74, 6) is 0.0911. The number of rotatable bonds is 4. The highest BCUT2D eigenvalue weighted by Crippen LogP contribution is 2.35. The zero-order valence-electron chi connectivity index (χ0n) is 9.44. The first-order valence-corrected chi connectivity index (χ1v) is 4.62. The molecule has 0 bridgehead atoms. The minimum Gasteiger partial charge on any atom is -0.492 e. The number of carbonyl (C=O) groups excluding carboxylic acids is 1. The molecule has 0 heterocycles. The molecule has 0 radical (unpaired) electrons. The molecule has 1 rings (SSSR count). The summed E-state index contributed by atoms with van der Waals surface area (Å²) >= 11 is 0.